The molecule has 1 heterocycles. The fourth-order valence-electron chi connectivity index (χ4n) is 2.38. The summed E-state index contributed by atoms with van der Waals surface area (Å²) in [5, 5.41) is 4.68. The maximum Gasteiger partial charge on any atom is 0.261 e. The van der Waals surface area contributed by atoms with Gasteiger partial charge in [0.15, 0.2) is 0 Å². The lowest BCUT2D eigenvalue weighted by atomic mass is 10.0. The highest BCUT2D eigenvalue weighted by molar-refractivity contribution is 6.14. The summed E-state index contributed by atoms with van der Waals surface area (Å²) in [7, 11) is 0. The van der Waals surface area contributed by atoms with E-state index < -0.39 is 0 Å². The largest absolute Gasteiger partial charge is 0.493 e. The Morgan fingerprint density at radius 2 is 1.91 bits per heavy atom. The summed E-state index contributed by atoms with van der Waals surface area (Å²) in [6.45, 7) is 2.40. The Balaban J connectivity index is 2.06. The molecule has 0 aliphatic carbocycles. The van der Waals surface area contributed by atoms with Gasteiger partial charge in [-0.15, -0.1) is 0 Å². The summed E-state index contributed by atoms with van der Waals surface area (Å²) in [6.07, 6.45) is 1.64. The van der Waals surface area contributed by atoms with Crippen LogP contribution < -0.4 is 10.1 Å². The van der Waals surface area contributed by atoms with Crippen molar-refractivity contribution in [1.82, 2.24) is 4.98 Å². The van der Waals surface area contributed by atoms with E-state index >= 15 is 0 Å². The Morgan fingerprint density at radius 3 is 2.68 bits per heavy atom. The van der Waals surface area contributed by atoms with Crippen molar-refractivity contribution in [2.45, 2.75) is 6.92 Å². The van der Waals surface area contributed by atoms with Crippen LogP contribution in [0.4, 0.5) is 5.82 Å². The van der Waals surface area contributed by atoms with Gasteiger partial charge < -0.3 is 10.1 Å². The molecule has 3 aromatic rings. The molecule has 0 fully saturated rings. The summed E-state index contributed by atoms with van der Waals surface area (Å²) in [4.78, 5) is 16.8. The molecule has 0 spiro atoms. The molecule has 2 aromatic carbocycles. The molecule has 0 saturated carbocycles. The molecule has 1 aromatic heterocycles. The van der Waals surface area contributed by atoms with Crippen LogP contribution in [0.2, 0.25) is 0 Å². The minimum Gasteiger partial charge on any atom is -0.493 e. The monoisotopic (exact) mass is 292 g/mol. The Labute approximate surface area is 128 Å². The number of nitrogens with one attached hydrogen (secondary N) is 1. The van der Waals surface area contributed by atoms with Gasteiger partial charge in [-0.05, 0) is 35.9 Å². The van der Waals surface area contributed by atoms with Crippen LogP contribution in [-0.2, 0) is 0 Å². The van der Waals surface area contributed by atoms with E-state index in [1.165, 1.54) is 0 Å². The first-order valence-corrected chi connectivity index (χ1v) is 7.16. The lowest BCUT2D eigenvalue weighted by molar-refractivity contribution is 0.102. The van der Waals surface area contributed by atoms with Gasteiger partial charge in [-0.3, -0.25) is 4.79 Å². The van der Waals surface area contributed by atoms with Gasteiger partial charge >= 0.3 is 0 Å². The van der Waals surface area contributed by atoms with Crippen LogP contribution in [0.25, 0.3) is 10.8 Å². The van der Waals surface area contributed by atoms with Crippen molar-refractivity contribution in [2.75, 3.05) is 11.9 Å². The van der Waals surface area contributed by atoms with E-state index in [0.717, 1.165) is 10.8 Å². The standard InChI is InChI=1S/C18H16N2O2/c1-2-22-15-11-10-13-7-3-4-8-14(13)17(15)18(21)20-16-9-5-6-12-19-16/h3-12H,2H2,1H3,(H,19,20,21). The van der Waals surface area contributed by atoms with Gasteiger partial charge in [0.05, 0.1) is 12.2 Å². The fourth-order valence-corrected chi connectivity index (χ4v) is 2.38. The van der Waals surface area contributed by atoms with Gasteiger partial charge in [0.1, 0.15) is 11.6 Å². The molecule has 0 aliphatic rings. The first-order chi connectivity index (χ1) is 10.8. The topological polar surface area (TPSA) is 51.2 Å². The molecule has 3 rings (SSSR count). The Hall–Kier alpha value is -2.88. The first-order valence-electron chi connectivity index (χ1n) is 7.16. The highest BCUT2D eigenvalue weighted by Crippen LogP contribution is 2.28. The molecule has 0 aliphatic heterocycles. The summed E-state index contributed by atoms with van der Waals surface area (Å²) >= 11 is 0. The molecule has 0 unspecified atom stereocenters. The zero-order valence-corrected chi connectivity index (χ0v) is 12.2. The van der Waals surface area contributed by atoms with Crippen molar-refractivity contribution < 1.29 is 9.53 Å². The van der Waals surface area contributed by atoms with Crippen molar-refractivity contribution in [3.8, 4) is 5.75 Å². The van der Waals surface area contributed by atoms with E-state index in [1.807, 2.05) is 49.4 Å². The third-order valence-corrected chi connectivity index (χ3v) is 3.32. The predicted molar refractivity (Wildman–Crippen MR) is 87.3 cm³/mol. The smallest absolute Gasteiger partial charge is 0.261 e. The Morgan fingerprint density at radius 1 is 1.09 bits per heavy atom. The predicted octanol–water partition coefficient (Wildman–Crippen LogP) is 3.89. The van der Waals surface area contributed by atoms with Crippen LogP contribution in [0.5, 0.6) is 5.75 Å². The number of pyridine rings is 1. The van der Waals surface area contributed by atoms with E-state index in [0.29, 0.717) is 23.7 Å². The third kappa shape index (κ3) is 2.76. The molecule has 110 valence electrons. The van der Waals surface area contributed by atoms with E-state index in [4.69, 9.17) is 4.74 Å². The van der Waals surface area contributed by atoms with Crippen molar-refractivity contribution >= 4 is 22.5 Å². The summed E-state index contributed by atoms with van der Waals surface area (Å²) in [6, 6.07) is 16.9. The summed E-state index contributed by atoms with van der Waals surface area (Å²) in [5.41, 5.74) is 0.533. The second-order valence-electron chi connectivity index (χ2n) is 4.76. The number of carbonyl (C=O) groups excluding carboxylic acids is 1. The van der Waals surface area contributed by atoms with Gasteiger partial charge in [-0.2, -0.15) is 0 Å². The van der Waals surface area contributed by atoms with Crippen LogP contribution in [0.3, 0.4) is 0 Å². The lowest BCUT2D eigenvalue weighted by Crippen LogP contribution is -2.15. The van der Waals surface area contributed by atoms with Crippen LogP contribution in [-0.4, -0.2) is 17.5 Å². The number of fused-ring (bicyclic) bond motifs is 1. The van der Waals surface area contributed by atoms with Gasteiger partial charge in [-0.25, -0.2) is 4.98 Å². The molecule has 0 bridgehead atoms. The molecule has 0 saturated heterocycles. The molecule has 22 heavy (non-hydrogen) atoms. The fraction of sp³-hybridized carbons (Fsp3) is 0.111. The molecule has 1 amide bonds. The van der Waals surface area contributed by atoms with Crippen molar-refractivity contribution in [1.29, 1.82) is 0 Å². The third-order valence-electron chi connectivity index (χ3n) is 3.32. The number of hydrogen-bond donors (Lipinski definition) is 1. The SMILES string of the molecule is CCOc1ccc2ccccc2c1C(=O)Nc1ccccn1. The van der Waals surface area contributed by atoms with Crippen molar-refractivity contribution in [3.05, 3.63) is 66.4 Å². The van der Waals surface area contributed by atoms with Crippen molar-refractivity contribution in [3.63, 3.8) is 0 Å². The molecule has 4 nitrogen and oxygen atoms in total. The Bertz CT molecular complexity index is 801. The number of aromatic nitrogens is 1. The first kappa shape index (κ1) is 14.1. The van der Waals surface area contributed by atoms with Gasteiger partial charge in [-0.1, -0.05) is 36.4 Å². The van der Waals surface area contributed by atoms with Gasteiger partial charge in [0, 0.05) is 6.20 Å². The second kappa shape index (κ2) is 6.26. The Kier molecular flexibility index (Phi) is 4.01. The van der Waals surface area contributed by atoms with E-state index in [9.17, 15) is 4.79 Å². The molecular formula is C18H16N2O2. The minimum atomic E-state index is -0.223. The molecule has 0 atom stereocenters. The lowest BCUT2D eigenvalue weighted by Gasteiger charge is -2.13. The summed E-state index contributed by atoms with van der Waals surface area (Å²) in [5.74, 6) is 0.872. The number of anilines is 1. The van der Waals surface area contributed by atoms with Gasteiger partial charge in [0.2, 0.25) is 0 Å². The number of ether oxygens (including phenoxy) is 1. The zero-order chi connectivity index (χ0) is 15.4. The number of carbonyl (C=O) groups is 1. The maximum atomic E-state index is 12.7. The number of nitrogens with zero attached hydrogens (tertiary/aromatic N) is 1. The number of hydrogen-bond acceptors (Lipinski definition) is 3. The van der Waals surface area contributed by atoms with Crippen LogP contribution in [0.1, 0.15) is 17.3 Å². The number of benzene rings is 2. The van der Waals surface area contributed by atoms with Crippen LogP contribution in [0.15, 0.2) is 60.8 Å². The minimum absolute atomic E-state index is 0.223. The number of rotatable bonds is 4. The molecular weight excluding hydrogens is 276 g/mol. The summed E-state index contributed by atoms with van der Waals surface area (Å²) < 4.78 is 5.62. The molecule has 1 N–H and O–H groups in total. The molecule has 4 heteroatoms. The van der Waals surface area contributed by atoms with Crippen LogP contribution >= 0.6 is 0 Å². The molecule has 0 radical (unpaired) electrons. The normalized spacial score (nSPS) is 10.4. The van der Waals surface area contributed by atoms with Gasteiger partial charge in [0.25, 0.3) is 5.91 Å². The van der Waals surface area contributed by atoms with Crippen molar-refractivity contribution in [2.24, 2.45) is 0 Å². The average molecular weight is 292 g/mol. The quantitative estimate of drug-likeness (QED) is 0.793. The maximum absolute atomic E-state index is 12.7. The zero-order valence-electron chi connectivity index (χ0n) is 12.2. The number of amides is 1. The van der Waals surface area contributed by atoms with E-state index in [-0.39, 0.29) is 5.91 Å². The van der Waals surface area contributed by atoms with E-state index in [2.05, 4.69) is 10.3 Å². The average Bonchev–Trinajstić information content (AvgIpc) is 2.55. The van der Waals surface area contributed by atoms with E-state index in [1.54, 1.807) is 18.3 Å². The second-order valence-corrected chi connectivity index (χ2v) is 4.76. The highest BCUT2D eigenvalue weighted by Gasteiger charge is 2.17. The van der Waals surface area contributed by atoms with Crippen LogP contribution in [0, 0.1) is 0 Å². The highest BCUT2D eigenvalue weighted by atomic mass is 16.5.